The number of carbonyl (C=O) groups excluding carboxylic acids is 1. The highest BCUT2D eigenvalue weighted by Gasteiger charge is 2.35. The summed E-state index contributed by atoms with van der Waals surface area (Å²) in [5.41, 5.74) is 2.65. The van der Waals surface area contributed by atoms with Gasteiger partial charge in [-0.1, -0.05) is 30.7 Å². The molecule has 1 unspecified atom stereocenters. The van der Waals surface area contributed by atoms with Crippen LogP contribution < -0.4 is 5.32 Å². The number of amides is 1. The van der Waals surface area contributed by atoms with Crippen molar-refractivity contribution in [2.24, 2.45) is 0 Å². The summed E-state index contributed by atoms with van der Waals surface area (Å²) in [5.74, 6) is 0.0462. The van der Waals surface area contributed by atoms with Gasteiger partial charge in [0.25, 0.3) is 5.91 Å². The Kier molecular flexibility index (Phi) is 6.21. The maximum atomic E-state index is 13.5. The van der Waals surface area contributed by atoms with Crippen molar-refractivity contribution < 1.29 is 13.9 Å². The van der Waals surface area contributed by atoms with Crippen LogP contribution in [0.25, 0.3) is 5.65 Å². The van der Waals surface area contributed by atoms with Crippen LogP contribution in [0.3, 0.4) is 0 Å². The summed E-state index contributed by atoms with van der Waals surface area (Å²) in [4.78, 5) is 19.6. The number of halogens is 2. The van der Waals surface area contributed by atoms with Gasteiger partial charge in [0.15, 0.2) is 5.65 Å². The SMILES string of the molecule is C=C/C=C(C(=O)N1Cc2nn3cc(Cl)cnc3c2C1)\C(=C/CF)OC1C[C@H]2CCC[C@@H](C1)N2. The van der Waals surface area contributed by atoms with Crippen molar-refractivity contribution in [1.29, 1.82) is 0 Å². The monoisotopic (exact) mass is 471 g/mol. The van der Waals surface area contributed by atoms with Crippen LogP contribution in [-0.2, 0) is 22.6 Å². The lowest BCUT2D eigenvalue weighted by Gasteiger charge is -2.40. The van der Waals surface area contributed by atoms with E-state index in [1.54, 1.807) is 27.9 Å². The first-order chi connectivity index (χ1) is 16.1. The zero-order valence-electron chi connectivity index (χ0n) is 18.3. The van der Waals surface area contributed by atoms with Crippen molar-refractivity contribution >= 4 is 23.2 Å². The number of nitrogens with zero attached hydrogens (tertiary/aromatic N) is 4. The lowest BCUT2D eigenvalue weighted by atomic mass is 9.85. The van der Waals surface area contributed by atoms with Crippen molar-refractivity contribution in [3.8, 4) is 0 Å². The van der Waals surface area contributed by atoms with E-state index in [2.05, 4.69) is 22.0 Å². The molecule has 1 amide bonds. The van der Waals surface area contributed by atoms with Crippen molar-refractivity contribution in [1.82, 2.24) is 24.8 Å². The molecular formula is C24H27ClFN5O2. The molecule has 0 saturated carbocycles. The number of alkyl halides is 1. The minimum Gasteiger partial charge on any atom is -0.490 e. The molecule has 2 aromatic rings. The molecule has 2 bridgehead atoms. The molecule has 3 atom stereocenters. The van der Waals surface area contributed by atoms with Gasteiger partial charge in [-0.3, -0.25) is 4.79 Å². The Morgan fingerprint density at radius 1 is 1.33 bits per heavy atom. The fraction of sp³-hybridized carbons (Fsp3) is 0.458. The summed E-state index contributed by atoms with van der Waals surface area (Å²) in [6.45, 7) is 3.74. The van der Waals surface area contributed by atoms with E-state index in [0.717, 1.165) is 36.9 Å². The van der Waals surface area contributed by atoms with Crippen LogP contribution in [0.15, 0.2) is 48.5 Å². The largest absolute Gasteiger partial charge is 0.490 e. The van der Waals surface area contributed by atoms with Gasteiger partial charge in [0.1, 0.15) is 18.5 Å². The van der Waals surface area contributed by atoms with E-state index in [1.807, 2.05) is 0 Å². The lowest BCUT2D eigenvalue weighted by Crippen LogP contribution is -2.50. The number of allylic oxidation sites excluding steroid dienone is 3. The first-order valence-corrected chi connectivity index (χ1v) is 11.8. The van der Waals surface area contributed by atoms with Crippen LogP contribution >= 0.6 is 11.6 Å². The second kappa shape index (κ2) is 9.27. The molecule has 0 radical (unpaired) electrons. The molecule has 5 heterocycles. The summed E-state index contributed by atoms with van der Waals surface area (Å²) >= 11 is 6.01. The predicted octanol–water partition coefficient (Wildman–Crippen LogP) is 3.88. The lowest BCUT2D eigenvalue weighted by molar-refractivity contribution is -0.128. The van der Waals surface area contributed by atoms with Crippen LogP contribution in [0.2, 0.25) is 5.02 Å². The number of carbonyl (C=O) groups is 1. The average molecular weight is 472 g/mol. The Hall–Kier alpha value is -2.71. The van der Waals surface area contributed by atoms with Gasteiger partial charge in [-0.25, -0.2) is 13.9 Å². The zero-order valence-corrected chi connectivity index (χ0v) is 19.1. The van der Waals surface area contributed by atoms with Gasteiger partial charge in [-0.2, -0.15) is 5.10 Å². The molecule has 7 nitrogen and oxygen atoms in total. The second-order valence-corrected chi connectivity index (χ2v) is 9.30. The number of hydrogen-bond donors (Lipinski definition) is 1. The first kappa shape index (κ1) is 22.1. The molecule has 5 rings (SSSR count). The van der Waals surface area contributed by atoms with Crippen molar-refractivity contribution in [3.63, 3.8) is 0 Å². The predicted molar refractivity (Wildman–Crippen MR) is 123 cm³/mol. The third-order valence-corrected chi connectivity index (χ3v) is 6.80. The van der Waals surface area contributed by atoms with Crippen LogP contribution in [0.5, 0.6) is 0 Å². The molecular weight excluding hydrogens is 445 g/mol. The number of fused-ring (bicyclic) bond motifs is 5. The van der Waals surface area contributed by atoms with Gasteiger partial charge >= 0.3 is 0 Å². The quantitative estimate of drug-likeness (QED) is 0.393. The fourth-order valence-electron chi connectivity index (χ4n) is 5.19. The molecule has 3 aliphatic rings. The molecule has 0 aromatic carbocycles. The van der Waals surface area contributed by atoms with Gasteiger partial charge in [-0.05, 0) is 37.8 Å². The summed E-state index contributed by atoms with van der Waals surface area (Å²) < 4.78 is 21.4. The third-order valence-electron chi connectivity index (χ3n) is 6.60. The van der Waals surface area contributed by atoms with E-state index in [-0.39, 0.29) is 17.8 Å². The molecule has 3 aliphatic heterocycles. The van der Waals surface area contributed by atoms with Gasteiger partial charge in [0, 0.05) is 23.8 Å². The number of rotatable bonds is 6. The van der Waals surface area contributed by atoms with E-state index in [0.29, 0.717) is 41.4 Å². The molecule has 0 aliphatic carbocycles. The number of ether oxygens (including phenoxy) is 1. The molecule has 33 heavy (non-hydrogen) atoms. The van der Waals surface area contributed by atoms with Crippen molar-refractivity contribution in [2.45, 2.75) is 63.4 Å². The van der Waals surface area contributed by atoms with Gasteiger partial charge in [-0.15, -0.1) is 0 Å². The van der Waals surface area contributed by atoms with E-state index >= 15 is 0 Å². The smallest absolute Gasteiger partial charge is 0.258 e. The van der Waals surface area contributed by atoms with Gasteiger partial charge in [0.05, 0.1) is 35.6 Å². The summed E-state index contributed by atoms with van der Waals surface area (Å²) in [6.07, 6.45) is 12.9. The summed E-state index contributed by atoms with van der Waals surface area (Å²) in [7, 11) is 0. The standard InChI is InChI=1S/C24H27ClFN5O2/c1-2-4-19(22(7-8-26)33-18-9-16-5-3-6-17(10-18)28-16)24(32)30-13-20-21(14-30)29-31-12-15(25)11-27-23(20)31/h2,4,7,11-12,16-18,28H,1,3,5-6,8-10,13-14H2/b19-4+,22-7+/t16-,17+,18?. The molecule has 174 valence electrons. The van der Waals surface area contributed by atoms with E-state index in [1.165, 1.54) is 18.6 Å². The summed E-state index contributed by atoms with van der Waals surface area (Å²) in [5, 5.41) is 8.65. The topological polar surface area (TPSA) is 71.8 Å². The molecule has 0 spiro atoms. The Morgan fingerprint density at radius 3 is 2.85 bits per heavy atom. The maximum Gasteiger partial charge on any atom is 0.258 e. The first-order valence-electron chi connectivity index (χ1n) is 11.4. The molecule has 2 aromatic heterocycles. The number of hydrogen-bond acceptors (Lipinski definition) is 5. The van der Waals surface area contributed by atoms with Crippen molar-refractivity contribution in [3.05, 3.63) is 64.8 Å². The normalized spacial score (nSPS) is 25.3. The number of piperidine rings is 2. The van der Waals surface area contributed by atoms with E-state index < -0.39 is 6.67 Å². The molecule has 9 heteroatoms. The Bertz CT molecular complexity index is 1130. The minimum absolute atomic E-state index is 0.0469. The highest BCUT2D eigenvalue weighted by atomic mass is 35.5. The molecule has 1 N–H and O–H groups in total. The maximum absolute atomic E-state index is 13.5. The van der Waals surface area contributed by atoms with E-state index in [9.17, 15) is 9.18 Å². The molecule has 2 fully saturated rings. The summed E-state index contributed by atoms with van der Waals surface area (Å²) in [6, 6.07) is 0.838. The molecule has 2 saturated heterocycles. The number of nitrogens with one attached hydrogen (secondary N) is 1. The van der Waals surface area contributed by atoms with Crippen LogP contribution in [0.1, 0.15) is 43.4 Å². The third kappa shape index (κ3) is 4.42. The van der Waals surface area contributed by atoms with E-state index in [4.69, 9.17) is 16.3 Å². The van der Waals surface area contributed by atoms with Crippen LogP contribution in [0, 0.1) is 0 Å². The van der Waals surface area contributed by atoms with Gasteiger partial charge < -0.3 is 15.0 Å². The second-order valence-electron chi connectivity index (χ2n) is 8.87. The minimum atomic E-state index is -0.715. The van der Waals surface area contributed by atoms with Crippen molar-refractivity contribution in [2.75, 3.05) is 6.67 Å². The fourth-order valence-corrected chi connectivity index (χ4v) is 5.33. The van der Waals surface area contributed by atoms with Gasteiger partial charge in [0.2, 0.25) is 0 Å². The Labute approximate surface area is 196 Å². The van der Waals surface area contributed by atoms with Crippen LogP contribution in [-0.4, -0.2) is 50.3 Å². The zero-order chi connectivity index (χ0) is 22.9. The number of aromatic nitrogens is 3. The highest BCUT2D eigenvalue weighted by Crippen LogP contribution is 2.32. The highest BCUT2D eigenvalue weighted by molar-refractivity contribution is 6.30. The van der Waals surface area contributed by atoms with Crippen LogP contribution in [0.4, 0.5) is 4.39 Å². The Balaban J connectivity index is 1.35. The Morgan fingerprint density at radius 2 is 2.12 bits per heavy atom. The average Bonchev–Trinajstić information content (AvgIpc) is 3.34.